The van der Waals surface area contributed by atoms with Crippen molar-refractivity contribution in [3.63, 3.8) is 0 Å². The van der Waals surface area contributed by atoms with Gasteiger partial charge >= 0.3 is 0 Å². The predicted molar refractivity (Wildman–Crippen MR) is 80.8 cm³/mol. The number of nitrogens with zero attached hydrogens (tertiary/aromatic N) is 3. The summed E-state index contributed by atoms with van der Waals surface area (Å²) in [7, 11) is 0. The predicted octanol–water partition coefficient (Wildman–Crippen LogP) is 3.29. The Morgan fingerprint density at radius 1 is 1.30 bits per heavy atom. The normalized spacial score (nSPS) is 15.6. The molecule has 8 heteroatoms. The number of benzene rings is 1. The lowest BCUT2D eigenvalue weighted by molar-refractivity contribution is 0.0669. The third-order valence-corrected chi connectivity index (χ3v) is 4.15. The molecule has 0 bridgehead atoms. The van der Waals surface area contributed by atoms with Gasteiger partial charge in [0.15, 0.2) is 0 Å². The van der Waals surface area contributed by atoms with Crippen molar-refractivity contribution in [3.05, 3.63) is 34.4 Å². The smallest absolute Gasteiger partial charge is 0.142 e. The van der Waals surface area contributed by atoms with Crippen LogP contribution < -0.4 is 5.73 Å². The monoisotopic (exact) mass is 338 g/mol. The van der Waals surface area contributed by atoms with E-state index < -0.39 is 11.6 Å². The Bertz CT molecular complexity index is 794. The molecule has 23 heavy (non-hydrogen) atoms. The fraction of sp³-hybridized carbons (Fsp3) is 0.333. The van der Waals surface area contributed by atoms with Crippen molar-refractivity contribution >= 4 is 17.4 Å². The molecule has 1 aliphatic heterocycles. The fourth-order valence-electron chi connectivity index (χ4n) is 2.66. The zero-order valence-electron chi connectivity index (χ0n) is 12.0. The fourth-order valence-corrected chi connectivity index (χ4v) is 2.81. The Labute approximate surface area is 136 Å². The van der Waals surface area contributed by atoms with Crippen molar-refractivity contribution in [1.82, 2.24) is 9.78 Å². The number of rotatable bonds is 2. The molecule has 5 nitrogen and oxygen atoms in total. The average Bonchev–Trinajstić information content (AvgIpc) is 2.88. The maximum Gasteiger partial charge on any atom is 0.142 e. The molecule has 0 spiro atoms. The quantitative estimate of drug-likeness (QED) is 0.852. The van der Waals surface area contributed by atoms with Gasteiger partial charge in [-0.25, -0.2) is 13.5 Å². The van der Waals surface area contributed by atoms with Gasteiger partial charge in [0.05, 0.1) is 11.1 Å². The molecule has 0 saturated carbocycles. The van der Waals surface area contributed by atoms with Crippen LogP contribution >= 0.6 is 11.6 Å². The number of aromatic nitrogens is 2. The van der Waals surface area contributed by atoms with Gasteiger partial charge in [-0.3, -0.25) is 0 Å². The standard InChI is InChI=1S/C15H13ClF2N4O/c16-11-6-12(17)9(5-13(11)18)14-10(7-19)15(20)22(21-14)8-1-3-23-4-2-8/h5-6,8H,1-4,20H2. The summed E-state index contributed by atoms with van der Waals surface area (Å²) in [6.07, 6.45) is 1.38. The van der Waals surface area contributed by atoms with Crippen LogP contribution in [0.2, 0.25) is 5.02 Å². The highest BCUT2D eigenvalue weighted by Crippen LogP contribution is 2.34. The Morgan fingerprint density at radius 2 is 2.00 bits per heavy atom. The molecule has 0 amide bonds. The summed E-state index contributed by atoms with van der Waals surface area (Å²) in [5.41, 5.74) is 5.90. The van der Waals surface area contributed by atoms with Crippen LogP contribution in [-0.2, 0) is 4.74 Å². The highest BCUT2D eigenvalue weighted by atomic mass is 35.5. The molecule has 2 N–H and O–H groups in total. The lowest BCUT2D eigenvalue weighted by Crippen LogP contribution is -2.21. The van der Waals surface area contributed by atoms with E-state index in [9.17, 15) is 14.0 Å². The number of nitrogens with two attached hydrogens (primary N) is 1. The average molecular weight is 339 g/mol. The number of hydrogen-bond acceptors (Lipinski definition) is 4. The topological polar surface area (TPSA) is 76.9 Å². The number of hydrogen-bond donors (Lipinski definition) is 1. The number of nitriles is 1. The molecule has 1 aromatic carbocycles. The van der Waals surface area contributed by atoms with Crippen LogP contribution in [0.4, 0.5) is 14.6 Å². The van der Waals surface area contributed by atoms with Crippen LogP contribution in [0.1, 0.15) is 24.4 Å². The van der Waals surface area contributed by atoms with Crippen molar-refractivity contribution < 1.29 is 13.5 Å². The van der Waals surface area contributed by atoms with E-state index in [0.717, 1.165) is 12.1 Å². The summed E-state index contributed by atoms with van der Waals surface area (Å²) in [5, 5.41) is 13.3. The summed E-state index contributed by atoms with van der Waals surface area (Å²) in [6.45, 7) is 1.12. The number of anilines is 1. The molecule has 2 aromatic rings. The van der Waals surface area contributed by atoms with Gasteiger partial charge in [0, 0.05) is 18.8 Å². The minimum Gasteiger partial charge on any atom is -0.383 e. The Kier molecular flexibility index (Phi) is 4.20. The van der Waals surface area contributed by atoms with Crippen LogP contribution in [0.15, 0.2) is 12.1 Å². The maximum absolute atomic E-state index is 14.1. The third kappa shape index (κ3) is 2.76. The van der Waals surface area contributed by atoms with E-state index in [0.29, 0.717) is 26.1 Å². The van der Waals surface area contributed by atoms with Crippen molar-refractivity contribution in [2.24, 2.45) is 0 Å². The lowest BCUT2D eigenvalue weighted by Gasteiger charge is -2.23. The van der Waals surface area contributed by atoms with E-state index in [1.807, 2.05) is 6.07 Å². The first-order valence-electron chi connectivity index (χ1n) is 7.03. The maximum atomic E-state index is 14.1. The Hall–Kier alpha value is -2.17. The van der Waals surface area contributed by atoms with Gasteiger partial charge in [-0.2, -0.15) is 10.4 Å². The molecular weight excluding hydrogens is 326 g/mol. The summed E-state index contributed by atoms with van der Waals surface area (Å²) in [6, 6.07) is 3.67. The van der Waals surface area contributed by atoms with Gasteiger partial charge in [-0.05, 0) is 25.0 Å². The second-order valence-electron chi connectivity index (χ2n) is 5.25. The summed E-state index contributed by atoms with van der Waals surface area (Å²) >= 11 is 5.56. The summed E-state index contributed by atoms with van der Waals surface area (Å²) in [4.78, 5) is 0. The molecule has 0 atom stereocenters. The van der Waals surface area contributed by atoms with Gasteiger partial charge in [-0.15, -0.1) is 0 Å². The SMILES string of the molecule is N#Cc1c(-c2cc(F)c(Cl)cc2F)nn(C2CCOCC2)c1N. The van der Waals surface area contributed by atoms with Crippen LogP contribution in [0, 0.1) is 23.0 Å². The first kappa shape index (κ1) is 15.7. The largest absolute Gasteiger partial charge is 0.383 e. The van der Waals surface area contributed by atoms with Crippen molar-refractivity contribution in [2.45, 2.75) is 18.9 Å². The highest BCUT2D eigenvalue weighted by molar-refractivity contribution is 6.30. The first-order valence-corrected chi connectivity index (χ1v) is 7.41. The Morgan fingerprint density at radius 3 is 2.65 bits per heavy atom. The second kappa shape index (κ2) is 6.14. The number of nitrogen functional groups attached to an aromatic ring is 1. The van der Waals surface area contributed by atoms with E-state index in [4.69, 9.17) is 22.1 Å². The third-order valence-electron chi connectivity index (χ3n) is 3.86. The van der Waals surface area contributed by atoms with Crippen molar-refractivity contribution in [1.29, 1.82) is 5.26 Å². The van der Waals surface area contributed by atoms with Crippen LogP contribution in [0.25, 0.3) is 11.3 Å². The zero-order chi connectivity index (χ0) is 16.6. The second-order valence-corrected chi connectivity index (χ2v) is 5.66. The lowest BCUT2D eigenvalue weighted by atomic mass is 10.1. The molecule has 0 radical (unpaired) electrons. The number of halogens is 3. The Balaban J connectivity index is 2.13. The molecule has 1 aliphatic rings. The van der Waals surface area contributed by atoms with E-state index in [-0.39, 0.29) is 33.7 Å². The molecule has 1 aromatic heterocycles. The molecule has 120 valence electrons. The molecule has 0 aliphatic carbocycles. The zero-order valence-corrected chi connectivity index (χ0v) is 12.8. The number of ether oxygens (including phenoxy) is 1. The molecule has 0 unspecified atom stereocenters. The molecule has 1 fully saturated rings. The van der Waals surface area contributed by atoms with Crippen molar-refractivity contribution in [2.75, 3.05) is 18.9 Å². The van der Waals surface area contributed by atoms with Crippen LogP contribution in [-0.4, -0.2) is 23.0 Å². The van der Waals surface area contributed by atoms with Gasteiger partial charge in [0.2, 0.25) is 0 Å². The summed E-state index contributed by atoms with van der Waals surface area (Å²) in [5.74, 6) is -1.40. The molecular formula is C15H13ClF2N4O. The molecule has 2 heterocycles. The minimum absolute atomic E-state index is 0.0181. The van der Waals surface area contributed by atoms with Gasteiger partial charge in [0.1, 0.15) is 34.8 Å². The van der Waals surface area contributed by atoms with Gasteiger partial charge in [-0.1, -0.05) is 11.6 Å². The van der Waals surface area contributed by atoms with E-state index >= 15 is 0 Å². The van der Waals surface area contributed by atoms with Crippen LogP contribution in [0.5, 0.6) is 0 Å². The highest BCUT2D eigenvalue weighted by Gasteiger charge is 2.26. The van der Waals surface area contributed by atoms with E-state index in [1.165, 1.54) is 4.68 Å². The van der Waals surface area contributed by atoms with Gasteiger partial charge < -0.3 is 10.5 Å². The minimum atomic E-state index is -0.786. The molecule has 3 rings (SSSR count). The van der Waals surface area contributed by atoms with E-state index in [2.05, 4.69) is 5.10 Å². The first-order chi connectivity index (χ1) is 11.0. The van der Waals surface area contributed by atoms with E-state index in [1.54, 1.807) is 0 Å². The summed E-state index contributed by atoms with van der Waals surface area (Å²) < 4.78 is 34.6. The van der Waals surface area contributed by atoms with Crippen LogP contribution in [0.3, 0.4) is 0 Å². The van der Waals surface area contributed by atoms with Gasteiger partial charge in [0.25, 0.3) is 0 Å². The molecule has 1 saturated heterocycles. The van der Waals surface area contributed by atoms with Crippen molar-refractivity contribution in [3.8, 4) is 17.3 Å².